The summed E-state index contributed by atoms with van der Waals surface area (Å²) in [5.74, 6) is 1.69. The third-order valence-electron chi connectivity index (χ3n) is 3.81. The molecule has 1 aromatic heterocycles. The van der Waals surface area contributed by atoms with Crippen LogP contribution in [0.4, 0.5) is 5.13 Å². The van der Waals surface area contributed by atoms with Crippen molar-refractivity contribution in [2.75, 3.05) is 25.6 Å². The van der Waals surface area contributed by atoms with Crippen molar-refractivity contribution in [3.05, 3.63) is 53.9 Å². The lowest BCUT2D eigenvalue weighted by Gasteiger charge is -2.11. The summed E-state index contributed by atoms with van der Waals surface area (Å²) < 4.78 is 16.4. The molecule has 0 saturated heterocycles. The fourth-order valence-corrected chi connectivity index (χ4v) is 3.16. The van der Waals surface area contributed by atoms with E-state index in [1.54, 1.807) is 13.2 Å². The van der Waals surface area contributed by atoms with E-state index in [0.29, 0.717) is 23.2 Å². The summed E-state index contributed by atoms with van der Waals surface area (Å²) in [5.41, 5.74) is 1.75. The van der Waals surface area contributed by atoms with Crippen molar-refractivity contribution in [3.63, 3.8) is 0 Å². The summed E-state index contributed by atoms with van der Waals surface area (Å²) >= 11 is 1.36. The summed E-state index contributed by atoms with van der Waals surface area (Å²) in [7, 11) is 1.63. The second-order valence-corrected chi connectivity index (χ2v) is 6.76. The third-order valence-corrected chi connectivity index (χ3v) is 4.56. The van der Waals surface area contributed by atoms with Gasteiger partial charge in [0, 0.05) is 10.9 Å². The molecule has 0 saturated carbocycles. The van der Waals surface area contributed by atoms with Crippen LogP contribution < -0.4 is 19.5 Å². The number of anilines is 1. The lowest BCUT2D eigenvalue weighted by Crippen LogP contribution is -2.20. The highest BCUT2D eigenvalue weighted by Crippen LogP contribution is 2.28. The molecule has 0 radical (unpaired) electrons. The minimum absolute atomic E-state index is 0.121. The van der Waals surface area contributed by atoms with Gasteiger partial charge in [-0.05, 0) is 42.8 Å². The predicted octanol–water partition coefficient (Wildman–Crippen LogP) is 4.63. The van der Waals surface area contributed by atoms with E-state index < -0.39 is 0 Å². The largest absolute Gasteiger partial charge is 0.497 e. The molecule has 0 bridgehead atoms. The van der Waals surface area contributed by atoms with E-state index in [2.05, 4.69) is 10.3 Å². The van der Waals surface area contributed by atoms with Crippen molar-refractivity contribution in [2.24, 2.45) is 0 Å². The van der Waals surface area contributed by atoms with E-state index in [4.69, 9.17) is 14.2 Å². The first-order valence-electron chi connectivity index (χ1n) is 8.94. The fourth-order valence-electron chi connectivity index (χ4n) is 2.42. The molecule has 0 spiro atoms. The molecular formula is C21H22N2O4S. The number of thiazole rings is 1. The smallest absolute Gasteiger partial charge is 0.264 e. The van der Waals surface area contributed by atoms with Crippen LogP contribution in [0.5, 0.6) is 17.2 Å². The Labute approximate surface area is 168 Å². The number of amides is 1. The molecule has 1 heterocycles. The zero-order valence-corrected chi connectivity index (χ0v) is 16.6. The van der Waals surface area contributed by atoms with Crippen LogP contribution in [0.25, 0.3) is 11.3 Å². The minimum atomic E-state index is -0.277. The molecule has 6 nitrogen and oxygen atoms in total. The lowest BCUT2D eigenvalue weighted by atomic mass is 10.2. The highest BCUT2D eigenvalue weighted by atomic mass is 32.1. The molecule has 0 aliphatic rings. The normalized spacial score (nSPS) is 10.4. The molecule has 0 aliphatic carbocycles. The van der Waals surface area contributed by atoms with E-state index in [0.717, 1.165) is 23.4 Å². The van der Waals surface area contributed by atoms with Crippen molar-refractivity contribution in [1.29, 1.82) is 0 Å². The highest BCUT2D eigenvalue weighted by Gasteiger charge is 2.11. The number of hydrogen-bond acceptors (Lipinski definition) is 6. The maximum Gasteiger partial charge on any atom is 0.264 e. The summed E-state index contributed by atoms with van der Waals surface area (Å²) in [6.07, 6.45) is 0.898. The lowest BCUT2D eigenvalue weighted by molar-refractivity contribution is -0.118. The molecule has 1 amide bonds. The van der Waals surface area contributed by atoms with Crippen molar-refractivity contribution in [2.45, 2.75) is 13.3 Å². The van der Waals surface area contributed by atoms with Crippen LogP contribution in [0.15, 0.2) is 53.9 Å². The number of benzene rings is 2. The van der Waals surface area contributed by atoms with Gasteiger partial charge in [-0.25, -0.2) is 4.98 Å². The zero-order chi connectivity index (χ0) is 19.8. The predicted molar refractivity (Wildman–Crippen MR) is 110 cm³/mol. The van der Waals surface area contributed by atoms with Gasteiger partial charge < -0.3 is 14.2 Å². The number of methoxy groups -OCH3 is 1. The van der Waals surface area contributed by atoms with Gasteiger partial charge in [0.2, 0.25) is 0 Å². The van der Waals surface area contributed by atoms with Crippen LogP contribution in [0.1, 0.15) is 13.3 Å². The fraction of sp³-hybridized carbons (Fsp3) is 0.238. The average Bonchev–Trinajstić information content (AvgIpc) is 3.19. The quantitative estimate of drug-likeness (QED) is 0.569. The molecule has 1 N–H and O–H groups in total. The Bertz CT molecular complexity index is 909. The van der Waals surface area contributed by atoms with E-state index in [9.17, 15) is 4.79 Å². The van der Waals surface area contributed by atoms with Gasteiger partial charge in [0.15, 0.2) is 23.2 Å². The Hall–Kier alpha value is -3.06. The zero-order valence-electron chi connectivity index (χ0n) is 15.8. The summed E-state index contributed by atoms with van der Waals surface area (Å²) in [6.45, 7) is 2.51. The van der Waals surface area contributed by atoms with Crippen LogP contribution in [-0.4, -0.2) is 31.2 Å². The minimum Gasteiger partial charge on any atom is -0.497 e. The van der Waals surface area contributed by atoms with Gasteiger partial charge in [0.25, 0.3) is 5.91 Å². The Morgan fingerprint density at radius 3 is 2.46 bits per heavy atom. The molecule has 0 unspecified atom stereocenters. The molecule has 0 atom stereocenters. The first-order valence-corrected chi connectivity index (χ1v) is 9.82. The topological polar surface area (TPSA) is 69.7 Å². The molecule has 3 rings (SSSR count). The van der Waals surface area contributed by atoms with Crippen molar-refractivity contribution < 1.29 is 19.0 Å². The third kappa shape index (κ3) is 5.23. The van der Waals surface area contributed by atoms with Gasteiger partial charge in [0.05, 0.1) is 19.4 Å². The molecule has 0 aliphatic heterocycles. The first kappa shape index (κ1) is 19.7. The molecule has 7 heteroatoms. The summed E-state index contributed by atoms with van der Waals surface area (Å²) in [4.78, 5) is 16.7. The number of ether oxygens (including phenoxy) is 3. The molecule has 146 valence electrons. The van der Waals surface area contributed by atoms with Gasteiger partial charge in [-0.2, -0.15) is 0 Å². The van der Waals surface area contributed by atoms with E-state index in [-0.39, 0.29) is 12.5 Å². The first-order chi connectivity index (χ1) is 13.7. The van der Waals surface area contributed by atoms with Crippen molar-refractivity contribution in [3.8, 4) is 28.5 Å². The van der Waals surface area contributed by atoms with Crippen LogP contribution in [0.2, 0.25) is 0 Å². The second-order valence-electron chi connectivity index (χ2n) is 5.90. The van der Waals surface area contributed by atoms with E-state index in [1.807, 2.05) is 54.8 Å². The number of aromatic nitrogens is 1. The Morgan fingerprint density at radius 2 is 1.79 bits per heavy atom. The van der Waals surface area contributed by atoms with Crippen LogP contribution in [0, 0.1) is 0 Å². The number of hydrogen-bond donors (Lipinski definition) is 1. The van der Waals surface area contributed by atoms with Gasteiger partial charge in [-0.1, -0.05) is 19.1 Å². The highest BCUT2D eigenvalue weighted by molar-refractivity contribution is 7.14. The number of nitrogens with zero attached hydrogens (tertiary/aromatic N) is 1. The average molecular weight is 398 g/mol. The van der Waals surface area contributed by atoms with Gasteiger partial charge in [-0.15, -0.1) is 11.3 Å². The van der Waals surface area contributed by atoms with Gasteiger partial charge in [-0.3, -0.25) is 10.1 Å². The molecular weight excluding hydrogens is 376 g/mol. The van der Waals surface area contributed by atoms with Crippen molar-refractivity contribution in [1.82, 2.24) is 4.98 Å². The number of para-hydroxylation sites is 2. The Kier molecular flexibility index (Phi) is 6.86. The maximum absolute atomic E-state index is 12.2. The van der Waals surface area contributed by atoms with Crippen molar-refractivity contribution >= 4 is 22.4 Å². The van der Waals surface area contributed by atoms with E-state index >= 15 is 0 Å². The van der Waals surface area contributed by atoms with Gasteiger partial charge >= 0.3 is 0 Å². The monoisotopic (exact) mass is 398 g/mol. The van der Waals surface area contributed by atoms with Crippen LogP contribution >= 0.6 is 11.3 Å². The van der Waals surface area contributed by atoms with Gasteiger partial charge in [0.1, 0.15) is 5.75 Å². The molecule has 3 aromatic rings. The number of nitrogens with one attached hydrogen (secondary N) is 1. The molecule has 0 fully saturated rings. The van der Waals surface area contributed by atoms with Crippen LogP contribution in [-0.2, 0) is 4.79 Å². The maximum atomic E-state index is 12.2. The Morgan fingerprint density at radius 1 is 1.07 bits per heavy atom. The molecule has 2 aromatic carbocycles. The summed E-state index contributed by atoms with van der Waals surface area (Å²) in [6, 6.07) is 14.9. The number of carbonyl (C=O) groups is 1. The number of carbonyl (C=O) groups excluding carboxylic acids is 1. The van der Waals surface area contributed by atoms with E-state index in [1.165, 1.54) is 11.3 Å². The SMILES string of the molecule is CCCOc1ccccc1OCC(=O)Nc1nc(-c2ccc(OC)cc2)cs1. The summed E-state index contributed by atoms with van der Waals surface area (Å²) in [5, 5.41) is 5.18. The molecule has 28 heavy (non-hydrogen) atoms. The standard InChI is InChI=1S/C21H22N2O4S/c1-3-12-26-18-6-4-5-7-19(18)27-13-20(24)23-21-22-17(14-28-21)15-8-10-16(25-2)11-9-15/h4-11,14H,3,12-13H2,1-2H3,(H,22,23,24). The Balaban J connectivity index is 1.56. The second kappa shape index (κ2) is 9.75. The number of rotatable bonds is 9. The van der Waals surface area contributed by atoms with Crippen LogP contribution in [0.3, 0.4) is 0 Å².